The molecule has 2 aromatic rings. The molecule has 1 N–H and O–H groups in total. The quantitative estimate of drug-likeness (QED) is 0.639. The second-order valence-corrected chi connectivity index (χ2v) is 10.8. The number of carbonyl (C=O) groups excluding carboxylic acids is 1. The summed E-state index contributed by atoms with van der Waals surface area (Å²) in [5, 5.41) is 3.07. The molecule has 0 aromatic heterocycles. The van der Waals surface area contributed by atoms with Gasteiger partial charge in [0.25, 0.3) is 5.91 Å². The van der Waals surface area contributed by atoms with Crippen LogP contribution in [0, 0.1) is 6.92 Å². The van der Waals surface area contributed by atoms with Crippen molar-refractivity contribution >= 4 is 15.9 Å². The minimum atomic E-state index is -3.57. The number of carbonyl (C=O) groups is 1. The Labute approximate surface area is 196 Å². The molecule has 2 heterocycles. The standard InChI is InChI=1S/C25H33N3O4S/c1-19-7-12-22(33(30,31)28-15-5-6-16-28)17-23(19)25(29)26-18-24(27-13-3-4-14-27)20-8-10-21(32-2)11-9-20/h7-12,17,24H,3-6,13-16,18H2,1-2H3,(H,26,29). The van der Waals surface area contributed by atoms with E-state index in [0.717, 1.165) is 55.6 Å². The molecule has 2 aliphatic heterocycles. The first-order chi connectivity index (χ1) is 15.9. The topological polar surface area (TPSA) is 78.9 Å². The highest BCUT2D eigenvalue weighted by Crippen LogP contribution is 2.27. The Morgan fingerprint density at radius 1 is 1.00 bits per heavy atom. The zero-order valence-electron chi connectivity index (χ0n) is 19.4. The third kappa shape index (κ3) is 5.23. The number of amides is 1. The number of hydrogen-bond acceptors (Lipinski definition) is 5. The maximum absolute atomic E-state index is 13.2. The SMILES string of the molecule is COc1ccc(C(CNC(=O)c2cc(S(=O)(=O)N3CCCC3)ccc2C)N2CCCC2)cc1. The number of aryl methyl sites for hydroxylation is 1. The van der Waals surface area contributed by atoms with Gasteiger partial charge < -0.3 is 10.1 Å². The molecular weight excluding hydrogens is 438 g/mol. The number of nitrogens with one attached hydrogen (secondary N) is 1. The normalized spacial score (nSPS) is 18.4. The van der Waals surface area contributed by atoms with Gasteiger partial charge in [-0.3, -0.25) is 9.69 Å². The predicted octanol–water partition coefficient (Wildman–Crippen LogP) is 3.36. The van der Waals surface area contributed by atoms with Crippen molar-refractivity contribution in [2.24, 2.45) is 0 Å². The minimum absolute atomic E-state index is 0.0548. The number of rotatable bonds is 8. The number of hydrogen-bond donors (Lipinski definition) is 1. The molecule has 2 aromatic carbocycles. The Bertz CT molecular complexity index is 1070. The molecule has 33 heavy (non-hydrogen) atoms. The molecule has 8 heteroatoms. The van der Waals surface area contributed by atoms with Crippen LogP contribution in [-0.4, -0.2) is 63.4 Å². The largest absolute Gasteiger partial charge is 0.497 e. The Hall–Kier alpha value is -2.42. The first-order valence-electron chi connectivity index (χ1n) is 11.7. The highest BCUT2D eigenvalue weighted by molar-refractivity contribution is 7.89. The van der Waals surface area contributed by atoms with Crippen molar-refractivity contribution in [3.05, 3.63) is 59.2 Å². The van der Waals surface area contributed by atoms with Gasteiger partial charge in [-0.2, -0.15) is 4.31 Å². The molecular formula is C25H33N3O4S. The lowest BCUT2D eigenvalue weighted by atomic mass is 10.0. The monoisotopic (exact) mass is 471 g/mol. The molecule has 0 radical (unpaired) electrons. The summed E-state index contributed by atoms with van der Waals surface area (Å²) in [6.07, 6.45) is 4.05. The fourth-order valence-electron chi connectivity index (χ4n) is 4.71. The number of methoxy groups -OCH3 is 1. The number of benzene rings is 2. The smallest absolute Gasteiger partial charge is 0.251 e. The third-order valence-corrected chi connectivity index (χ3v) is 8.59. The summed E-state index contributed by atoms with van der Waals surface area (Å²) in [5.41, 5.74) is 2.29. The van der Waals surface area contributed by atoms with Crippen molar-refractivity contribution in [1.29, 1.82) is 0 Å². The van der Waals surface area contributed by atoms with Gasteiger partial charge in [0, 0.05) is 25.2 Å². The molecule has 0 spiro atoms. The zero-order valence-corrected chi connectivity index (χ0v) is 20.2. The summed E-state index contributed by atoms with van der Waals surface area (Å²) >= 11 is 0. The van der Waals surface area contributed by atoms with Gasteiger partial charge in [0.15, 0.2) is 0 Å². The molecule has 1 unspecified atom stereocenters. The van der Waals surface area contributed by atoms with Crippen molar-refractivity contribution in [2.75, 3.05) is 39.8 Å². The predicted molar refractivity (Wildman–Crippen MR) is 128 cm³/mol. The molecule has 4 rings (SSSR count). The molecule has 0 bridgehead atoms. The summed E-state index contributed by atoms with van der Waals surface area (Å²) < 4.78 is 32.7. The van der Waals surface area contributed by atoms with Gasteiger partial charge in [-0.1, -0.05) is 18.2 Å². The molecule has 1 atom stereocenters. The van der Waals surface area contributed by atoms with E-state index in [4.69, 9.17) is 4.74 Å². The maximum atomic E-state index is 13.2. The first kappa shape index (κ1) is 23.7. The van der Waals surface area contributed by atoms with E-state index in [9.17, 15) is 13.2 Å². The molecule has 1 amide bonds. The van der Waals surface area contributed by atoms with Gasteiger partial charge in [-0.15, -0.1) is 0 Å². The Morgan fingerprint density at radius 2 is 1.64 bits per heavy atom. The van der Waals surface area contributed by atoms with Crippen molar-refractivity contribution < 1.29 is 17.9 Å². The third-order valence-electron chi connectivity index (χ3n) is 6.69. The van der Waals surface area contributed by atoms with Crippen LogP contribution in [0.15, 0.2) is 47.4 Å². The van der Waals surface area contributed by atoms with Gasteiger partial charge in [-0.05, 0) is 81.1 Å². The molecule has 2 aliphatic rings. The van der Waals surface area contributed by atoms with Crippen molar-refractivity contribution in [3.63, 3.8) is 0 Å². The lowest BCUT2D eigenvalue weighted by molar-refractivity contribution is 0.0937. The van der Waals surface area contributed by atoms with Crippen LogP contribution in [-0.2, 0) is 10.0 Å². The van der Waals surface area contributed by atoms with Gasteiger partial charge in [0.1, 0.15) is 5.75 Å². The number of nitrogens with zero attached hydrogens (tertiary/aromatic N) is 2. The van der Waals surface area contributed by atoms with Gasteiger partial charge in [0.05, 0.1) is 18.0 Å². The molecule has 0 saturated carbocycles. The Balaban J connectivity index is 1.52. The van der Waals surface area contributed by atoms with Gasteiger partial charge in [0.2, 0.25) is 10.0 Å². The maximum Gasteiger partial charge on any atom is 0.251 e. The number of ether oxygens (including phenoxy) is 1. The van der Waals surface area contributed by atoms with E-state index in [2.05, 4.69) is 10.2 Å². The number of sulfonamides is 1. The lowest BCUT2D eigenvalue weighted by Crippen LogP contribution is -2.37. The van der Waals surface area contributed by atoms with Crippen molar-refractivity contribution in [1.82, 2.24) is 14.5 Å². The van der Waals surface area contributed by atoms with E-state index in [0.29, 0.717) is 25.2 Å². The summed E-state index contributed by atoms with van der Waals surface area (Å²) in [6.45, 7) is 5.36. The van der Waals surface area contributed by atoms with Crippen molar-refractivity contribution in [2.45, 2.75) is 43.5 Å². The first-order valence-corrected chi connectivity index (χ1v) is 13.1. The van der Waals surface area contributed by atoms with Crippen LogP contribution in [0.3, 0.4) is 0 Å². The lowest BCUT2D eigenvalue weighted by Gasteiger charge is -2.28. The van der Waals surface area contributed by atoms with Crippen LogP contribution in [0.2, 0.25) is 0 Å². The van der Waals surface area contributed by atoms with Crippen LogP contribution in [0.25, 0.3) is 0 Å². The van der Waals surface area contributed by atoms with Gasteiger partial charge >= 0.3 is 0 Å². The van der Waals surface area contributed by atoms with E-state index in [1.807, 2.05) is 31.2 Å². The Morgan fingerprint density at radius 3 is 2.27 bits per heavy atom. The fourth-order valence-corrected chi connectivity index (χ4v) is 6.25. The molecule has 0 aliphatic carbocycles. The summed E-state index contributed by atoms with van der Waals surface area (Å²) in [4.78, 5) is 15.7. The van der Waals surface area contributed by atoms with Gasteiger partial charge in [-0.25, -0.2) is 8.42 Å². The Kier molecular flexibility index (Phi) is 7.36. The summed E-state index contributed by atoms with van der Waals surface area (Å²) in [6, 6.07) is 12.9. The second kappa shape index (κ2) is 10.2. The van der Waals surface area contributed by atoms with Crippen LogP contribution >= 0.6 is 0 Å². The summed E-state index contributed by atoms with van der Waals surface area (Å²) in [5.74, 6) is 0.554. The number of likely N-dealkylation sites (tertiary alicyclic amines) is 1. The fraction of sp³-hybridized carbons (Fsp3) is 0.480. The van der Waals surface area contributed by atoms with E-state index in [1.54, 1.807) is 19.2 Å². The van der Waals surface area contributed by atoms with E-state index < -0.39 is 10.0 Å². The molecule has 178 valence electrons. The van der Waals surface area contributed by atoms with Crippen LogP contribution in [0.1, 0.15) is 53.2 Å². The molecule has 2 saturated heterocycles. The van der Waals surface area contributed by atoms with E-state index in [-0.39, 0.29) is 16.8 Å². The zero-order chi connectivity index (χ0) is 23.4. The van der Waals surface area contributed by atoms with E-state index >= 15 is 0 Å². The second-order valence-electron chi connectivity index (χ2n) is 8.83. The van der Waals surface area contributed by atoms with Crippen LogP contribution in [0.4, 0.5) is 0 Å². The minimum Gasteiger partial charge on any atom is -0.497 e. The highest BCUT2D eigenvalue weighted by atomic mass is 32.2. The van der Waals surface area contributed by atoms with E-state index in [1.165, 1.54) is 10.4 Å². The van der Waals surface area contributed by atoms with Crippen LogP contribution < -0.4 is 10.1 Å². The highest BCUT2D eigenvalue weighted by Gasteiger charge is 2.29. The average molecular weight is 472 g/mol. The van der Waals surface area contributed by atoms with Crippen LogP contribution in [0.5, 0.6) is 5.75 Å². The summed E-state index contributed by atoms with van der Waals surface area (Å²) in [7, 11) is -1.93. The van der Waals surface area contributed by atoms with Crippen molar-refractivity contribution in [3.8, 4) is 5.75 Å². The average Bonchev–Trinajstić information content (AvgIpc) is 3.55. The molecule has 2 fully saturated rings. The molecule has 7 nitrogen and oxygen atoms in total.